The number of benzene rings is 2. The molecule has 2 N–H and O–H groups in total. The highest BCUT2D eigenvalue weighted by molar-refractivity contribution is 7.89. The van der Waals surface area contributed by atoms with E-state index in [4.69, 9.17) is 0 Å². The molecule has 0 saturated heterocycles. The van der Waals surface area contributed by atoms with Gasteiger partial charge in [-0.15, -0.1) is 0 Å². The van der Waals surface area contributed by atoms with Crippen LogP contribution in [0, 0.1) is 6.92 Å². The van der Waals surface area contributed by atoms with Gasteiger partial charge in [0.25, 0.3) is 5.91 Å². The van der Waals surface area contributed by atoms with E-state index in [9.17, 15) is 13.2 Å². The lowest BCUT2D eigenvalue weighted by Crippen LogP contribution is -2.25. The van der Waals surface area contributed by atoms with E-state index < -0.39 is 15.9 Å². The van der Waals surface area contributed by atoms with Crippen LogP contribution in [0.3, 0.4) is 0 Å². The Morgan fingerprint density at radius 3 is 2.70 bits per heavy atom. The van der Waals surface area contributed by atoms with Crippen LogP contribution in [0.15, 0.2) is 47.4 Å². The van der Waals surface area contributed by atoms with Gasteiger partial charge in [0, 0.05) is 12.1 Å². The summed E-state index contributed by atoms with van der Waals surface area (Å²) in [5.74, 6) is -0.391. The Bertz CT molecular complexity index is 1070. The summed E-state index contributed by atoms with van der Waals surface area (Å²) in [5.41, 5.74) is 2.16. The molecule has 0 saturated carbocycles. The monoisotopic (exact) mass is 403 g/mol. The molecule has 0 aliphatic rings. The van der Waals surface area contributed by atoms with E-state index in [1.165, 1.54) is 23.5 Å². The molecular weight excluding hydrogens is 382 g/mol. The lowest BCUT2D eigenvalue weighted by Gasteiger charge is -2.08. The van der Waals surface area contributed by atoms with Crippen LogP contribution in [-0.2, 0) is 10.0 Å². The minimum absolute atomic E-state index is 0.0754. The Labute approximate surface area is 162 Å². The molecule has 1 aromatic heterocycles. The molecule has 0 fully saturated rings. The summed E-state index contributed by atoms with van der Waals surface area (Å²) < 4.78 is 28.2. The van der Waals surface area contributed by atoms with Crippen molar-refractivity contribution in [2.45, 2.75) is 31.6 Å². The summed E-state index contributed by atoms with van der Waals surface area (Å²) in [4.78, 5) is 17.1. The number of hydrogen-bond donors (Lipinski definition) is 2. The Morgan fingerprint density at radius 1 is 1.19 bits per heavy atom. The number of unbranched alkanes of at least 4 members (excludes halogenated alkanes) is 1. The van der Waals surface area contributed by atoms with Crippen LogP contribution in [0.4, 0.5) is 5.13 Å². The van der Waals surface area contributed by atoms with Crippen molar-refractivity contribution in [2.24, 2.45) is 0 Å². The summed E-state index contributed by atoms with van der Waals surface area (Å²) in [7, 11) is -3.63. The highest BCUT2D eigenvalue weighted by atomic mass is 32.2. The fraction of sp³-hybridized carbons (Fsp3) is 0.263. The molecule has 0 aliphatic heterocycles. The van der Waals surface area contributed by atoms with E-state index in [1.54, 1.807) is 12.1 Å². The molecule has 8 heteroatoms. The Hall–Kier alpha value is -2.29. The van der Waals surface area contributed by atoms with Crippen LogP contribution in [-0.4, -0.2) is 25.9 Å². The van der Waals surface area contributed by atoms with Gasteiger partial charge in [0.2, 0.25) is 10.0 Å². The maximum absolute atomic E-state index is 12.6. The molecule has 0 radical (unpaired) electrons. The fourth-order valence-corrected chi connectivity index (χ4v) is 4.64. The highest BCUT2D eigenvalue weighted by Crippen LogP contribution is 2.28. The molecule has 0 spiro atoms. The summed E-state index contributed by atoms with van der Waals surface area (Å²) >= 11 is 1.38. The summed E-state index contributed by atoms with van der Waals surface area (Å²) in [5, 5.41) is 3.24. The average molecular weight is 404 g/mol. The van der Waals surface area contributed by atoms with Gasteiger partial charge in [-0.1, -0.05) is 42.9 Å². The Balaban J connectivity index is 1.79. The third kappa shape index (κ3) is 4.52. The van der Waals surface area contributed by atoms with Crippen molar-refractivity contribution in [1.29, 1.82) is 0 Å². The Morgan fingerprint density at radius 2 is 1.96 bits per heavy atom. The number of nitrogens with zero attached hydrogens (tertiary/aromatic N) is 1. The van der Waals surface area contributed by atoms with Gasteiger partial charge in [-0.25, -0.2) is 18.1 Å². The molecule has 0 aliphatic carbocycles. The lowest BCUT2D eigenvalue weighted by atomic mass is 10.2. The van der Waals surface area contributed by atoms with Gasteiger partial charge >= 0.3 is 0 Å². The van der Waals surface area contributed by atoms with Crippen LogP contribution in [0.1, 0.15) is 35.7 Å². The van der Waals surface area contributed by atoms with Gasteiger partial charge in [0.1, 0.15) is 0 Å². The van der Waals surface area contributed by atoms with Crippen LogP contribution < -0.4 is 10.0 Å². The quantitative estimate of drug-likeness (QED) is 0.585. The predicted octanol–water partition coefficient (Wildman–Crippen LogP) is 3.94. The van der Waals surface area contributed by atoms with Crippen LogP contribution >= 0.6 is 11.3 Å². The van der Waals surface area contributed by atoms with E-state index in [0.29, 0.717) is 11.7 Å². The first-order chi connectivity index (χ1) is 12.9. The van der Waals surface area contributed by atoms with E-state index in [0.717, 1.165) is 28.6 Å². The number of amides is 1. The van der Waals surface area contributed by atoms with Gasteiger partial charge < -0.3 is 0 Å². The van der Waals surface area contributed by atoms with E-state index in [-0.39, 0.29) is 10.5 Å². The molecule has 27 heavy (non-hydrogen) atoms. The van der Waals surface area contributed by atoms with Crippen molar-refractivity contribution in [3.8, 4) is 0 Å². The number of sulfonamides is 1. The maximum Gasteiger partial charge on any atom is 0.257 e. The minimum Gasteiger partial charge on any atom is -0.298 e. The van der Waals surface area contributed by atoms with E-state index in [2.05, 4.69) is 15.0 Å². The molecule has 2 aromatic carbocycles. The highest BCUT2D eigenvalue weighted by Gasteiger charge is 2.17. The molecule has 3 aromatic rings. The zero-order chi connectivity index (χ0) is 19.4. The predicted molar refractivity (Wildman–Crippen MR) is 109 cm³/mol. The van der Waals surface area contributed by atoms with Crippen molar-refractivity contribution in [3.63, 3.8) is 0 Å². The molecule has 142 valence electrons. The molecule has 1 amide bonds. The van der Waals surface area contributed by atoms with Crippen molar-refractivity contribution in [1.82, 2.24) is 9.71 Å². The number of fused-ring (bicyclic) bond motifs is 1. The Kier molecular flexibility index (Phi) is 5.88. The van der Waals surface area contributed by atoms with Gasteiger partial charge in [-0.2, -0.15) is 0 Å². The number of aromatic nitrogens is 1. The summed E-state index contributed by atoms with van der Waals surface area (Å²) in [6, 6.07) is 11.9. The maximum atomic E-state index is 12.6. The number of para-hydroxylation sites is 1. The number of thiazole rings is 1. The number of hydrogen-bond acceptors (Lipinski definition) is 5. The number of rotatable bonds is 7. The number of anilines is 1. The van der Waals surface area contributed by atoms with Crippen molar-refractivity contribution >= 4 is 42.6 Å². The van der Waals surface area contributed by atoms with Crippen molar-refractivity contribution in [3.05, 3.63) is 53.6 Å². The molecule has 6 nitrogen and oxygen atoms in total. The van der Waals surface area contributed by atoms with Gasteiger partial charge in [0.15, 0.2) is 5.13 Å². The first-order valence-electron chi connectivity index (χ1n) is 8.68. The van der Waals surface area contributed by atoms with Crippen LogP contribution in [0.5, 0.6) is 0 Å². The van der Waals surface area contributed by atoms with Crippen LogP contribution in [0.2, 0.25) is 0 Å². The van der Waals surface area contributed by atoms with Gasteiger partial charge in [-0.3, -0.25) is 10.1 Å². The largest absolute Gasteiger partial charge is 0.298 e. The molecule has 3 rings (SSSR count). The van der Waals surface area contributed by atoms with E-state index >= 15 is 0 Å². The van der Waals surface area contributed by atoms with Gasteiger partial charge in [0.05, 0.1) is 15.1 Å². The SMILES string of the molecule is CCCCNS(=O)(=O)c1cccc(C(=O)Nc2nc3c(C)cccc3s2)c1. The second-order valence-electron chi connectivity index (χ2n) is 6.17. The number of carbonyl (C=O) groups excluding carboxylic acids is 1. The second kappa shape index (κ2) is 8.16. The first-order valence-corrected chi connectivity index (χ1v) is 11.0. The molecular formula is C19H21N3O3S2. The minimum atomic E-state index is -3.63. The fourth-order valence-electron chi connectivity index (χ4n) is 2.58. The summed E-state index contributed by atoms with van der Waals surface area (Å²) in [6.45, 7) is 4.33. The number of carbonyl (C=O) groups is 1. The third-order valence-electron chi connectivity index (χ3n) is 4.07. The van der Waals surface area contributed by atoms with Crippen molar-refractivity contribution < 1.29 is 13.2 Å². The lowest BCUT2D eigenvalue weighted by molar-refractivity contribution is 0.102. The number of aryl methyl sites for hydroxylation is 1. The normalized spacial score (nSPS) is 11.6. The molecule has 0 unspecified atom stereocenters. The second-order valence-corrected chi connectivity index (χ2v) is 8.97. The molecule has 0 atom stereocenters. The van der Waals surface area contributed by atoms with Crippen LogP contribution in [0.25, 0.3) is 10.2 Å². The number of nitrogens with one attached hydrogen (secondary N) is 2. The third-order valence-corrected chi connectivity index (χ3v) is 6.46. The topological polar surface area (TPSA) is 88.2 Å². The zero-order valence-corrected chi connectivity index (χ0v) is 16.8. The van der Waals surface area contributed by atoms with Crippen molar-refractivity contribution in [2.75, 3.05) is 11.9 Å². The molecule has 1 heterocycles. The molecule has 0 bridgehead atoms. The first kappa shape index (κ1) is 19.5. The summed E-state index contributed by atoms with van der Waals surface area (Å²) in [6.07, 6.45) is 1.66. The van der Waals surface area contributed by atoms with Gasteiger partial charge in [-0.05, 0) is 43.2 Å². The smallest absolute Gasteiger partial charge is 0.257 e. The van der Waals surface area contributed by atoms with E-state index in [1.807, 2.05) is 32.0 Å². The standard InChI is InChI=1S/C19H21N3O3S2/c1-3-4-11-20-27(24,25)15-9-6-8-14(12-15)18(23)22-19-21-17-13(2)7-5-10-16(17)26-19/h5-10,12,20H,3-4,11H2,1-2H3,(H,21,22,23). The zero-order valence-electron chi connectivity index (χ0n) is 15.2. The average Bonchev–Trinajstić information content (AvgIpc) is 3.06.